The molecule has 5 rings (SSSR count). The number of carbonyl (C=O) groups excluding carboxylic acids is 2. The number of halogens is 1. The number of hydrogen-bond acceptors (Lipinski definition) is 4. The summed E-state index contributed by atoms with van der Waals surface area (Å²) in [5, 5.41) is 3.00. The molecule has 0 saturated carbocycles. The highest BCUT2D eigenvalue weighted by Gasteiger charge is 2.31. The predicted octanol–water partition coefficient (Wildman–Crippen LogP) is 5.00. The van der Waals surface area contributed by atoms with Gasteiger partial charge in [0.15, 0.2) is 0 Å². The average Bonchev–Trinajstić information content (AvgIpc) is 3.01. The third-order valence-electron chi connectivity index (χ3n) is 7.21. The minimum absolute atomic E-state index is 0.150. The van der Waals surface area contributed by atoms with Gasteiger partial charge < -0.3 is 15.1 Å². The first kappa shape index (κ1) is 26.3. The van der Waals surface area contributed by atoms with Gasteiger partial charge >= 0.3 is 0 Å². The van der Waals surface area contributed by atoms with E-state index in [4.69, 9.17) is 0 Å². The van der Waals surface area contributed by atoms with Gasteiger partial charge in [-0.15, -0.1) is 0 Å². The van der Waals surface area contributed by atoms with E-state index in [1.807, 2.05) is 0 Å². The Morgan fingerprint density at radius 3 is 2.66 bits per heavy atom. The lowest BCUT2D eigenvalue weighted by Crippen LogP contribution is -2.36. The fourth-order valence-corrected chi connectivity index (χ4v) is 6.58. The van der Waals surface area contributed by atoms with Crippen LogP contribution in [0.2, 0.25) is 0 Å². The maximum atomic E-state index is 13.7. The molecule has 198 valence electrons. The van der Waals surface area contributed by atoms with E-state index in [-0.39, 0.29) is 24.2 Å². The number of hydrogen-bond donors (Lipinski definition) is 1. The Morgan fingerprint density at radius 2 is 1.87 bits per heavy atom. The molecule has 1 N–H and O–H groups in total. The van der Waals surface area contributed by atoms with Crippen LogP contribution in [-0.2, 0) is 17.3 Å². The van der Waals surface area contributed by atoms with Crippen molar-refractivity contribution in [2.75, 3.05) is 31.1 Å². The van der Waals surface area contributed by atoms with E-state index < -0.39 is 10.8 Å². The molecular formula is C30H32FN3O3S. The molecule has 8 heteroatoms. The lowest BCUT2D eigenvalue weighted by Gasteiger charge is -2.30. The van der Waals surface area contributed by atoms with Crippen LogP contribution in [0.3, 0.4) is 0 Å². The Kier molecular flexibility index (Phi) is 8.00. The maximum absolute atomic E-state index is 13.7. The number of piperidine rings is 1. The lowest BCUT2D eigenvalue weighted by molar-refractivity contribution is 0.0946. The van der Waals surface area contributed by atoms with Gasteiger partial charge in [0.2, 0.25) is 0 Å². The van der Waals surface area contributed by atoms with Gasteiger partial charge in [-0.3, -0.25) is 9.59 Å². The highest BCUT2D eigenvalue weighted by Crippen LogP contribution is 2.36. The molecule has 1 fully saturated rings. The van der Waals surface area contributed by atoms with E-state index in [0.29, 0.717) is 33.2 Å². The van der Waals surface area contributed by atoms with Crippen molar-refractivity contribution in [2.24, 2.45) is 5.92 Å². The van der Waals surface area contributed by atoms with Crippen LogP contribution in [-0.4, -0.2) is 47.1 Å². The summed E-state index contributed by atoms with van der Waals surface area (Å²) in [4.78, 5) is 31.6. The third kappa shape index (κ3) is 5.71. The second kappa shape index (κ2) is 11.6. The standard InChI is InChI=1S/C30H32FN3O3S/c1-21-6-4-16-33(19-21)17-5-15-32-29(35)23-11-14-28-26(18-23)34(20-22-9-12-24(31)13-10-22)30(36)25-7-2-3-8-27(25)38(28)37/h2-3,7-14,18,21H,4-6,15-17,19-20H2,1H3,(H,32,35)/t21-,38-/m0/s1. The summed E-state index contributed by atoms with van der Waals surface area (Å²) < 4.78 is 27.1. The van der Waals surface area contributed by atoms with Gasteiger partial charge in [-0.25, -0.2) is 8.60 Å². The quantitative estimate of drug-likeness (QED) is 0.434. The lowest BCUT2D eigenvalue weighted by atomic mass is 10.0. The van der Waals surface area contributed by atoms with Gasteiger partial charge in [-0.1, -0.05) is 31.2 Å². The Balaban J connectivity index is 1.38. The largest absolute Gasteiger partial charge is 0.352 e. The van der Waals surface area contributed by atoms with Crippen LogP contribution in [0.4, 0.5) is 10.1 Å². The molecule has 3 aromatic carbocycles. The molecule has 0 radical (unpaired) electrons. The van der Waals surface area contributed by atoms with Gasteiger partial charge in [-0.05, 0) is 86.3 Å². The minimum atomic E-state index is -1.60. The van der Waals surface area contributed by atoms with Gasteiger partial charge in [0.25, 0.3) is 11.8 Å². The molecule has 2 amide bonds. The number of fused-ring (bicyclic) bond motifs is 2. The number of rotatable bonds is 7. The molecule has 3 aromatic rings. The normalized spacial score (nSPS) is 19.4. The van der Waals surface area contributed by atoms with Crippen LogP contribution in [0, 0.1) is 11.7 Å². The molecule has 1 saturated heterocycles. The van der Waals surface area contributed by atoms with Crippen molar-refractivity contribution in [3.05, 3.63) is 89.2 Å². The number of nitrogens with zero attached hydrogens (tertiary/aromatic N) is 2. The third-order valence-corrected chi connectivity index (χ3v) is 8.71. The zero-order valence-corrected chi connectivity index (χ0v) is 22.3. The van der Waals surface area contributed by atoms with Crippen molar-refractivity contribution < 1.29 is 18.2 Å². The SMILES string of the molecule is C[C@H]1CCCN(CCCNC(=O)c2ccc3c(c2)N(Cc2ccc(F)cc2)C(=O)c2ccccc2[S@@]3=O)C1. The molecule has 0 spiro atoms. The highest BCUT2D eigenvalue weighted by atomic mass is 32.2. The van der Waals surface area contributed by atoms with Crippen molar-refractivity contribution in [2.45, 2.75) is 42.5 Å². The first-order valence-electron chi connectivity index (χ1n) is 13.1. The van der Waals surface area contributed by atoms with Gasteiger partial charge in [0.1, 0.15) is 5.82 Å². The topological polar surface area (TPSA) is 69.7 Å². The zero-order valence-electron chi connectivity index (χ0n) is 21.5. The van der Waals surface area contributed by atoms with E-state index in [0.717, 1.165) is 37.5 Å². The van der Waals surface area contributed by atoms with E-state index in [1.54, 1.807) is 54.6 Å². The second-order valence-electron chi connectivity index (χ2n) is 10.1. The number of likely N-dealkylation sites (tertiary alicyclic amines) is 1. The van der Waals surface area contributed by atoms with Crippen molar-refractivity contribution >= 4 is 28.3 Å². The summed E-state index contributed by atoms with van der Waals surface area (Å²) in [7, 11) is -1.60. The molecule has 0 aliphatic carbocycles. The number of nitrogens with one attached hydrogen (secondary N) is 1. The first-order valence-corrected chi connectivity index (χ1v) is 14.3. The predicted molar refractivity (Wildman–Crippen MR) is 146 cm³/mol. The van der Waals surface area contributed by atoms with Crippen LogP contribution in [0.5, 0.6) is 0 Å². The molecule has 0 aromatic heterocycles. The minimum Gasteiger partial charge on any atom is -0.352 e. The van der Waals surface area contributed by atoms with Crippen LogP contribution in [0.1, 0.15) is 52.5 Å². The van der Waals surface area contributed by atoms with Crippen LogP contribution in [0.25, 0.3) is 0 Å². The van der Waals surface area contributed by atoms with Crippen molar-refractivity contribution in [3.8, 4) is 0 Å². The number of carbonyl (C=O) groups is 2. The molecule has 2 atom stereocenters. The van der Waals surface area contributed by atoms with Crippen LogP contribution in [0.15, 0.2) is 76.5 Å². The monoisotopic (exact) mass is 533 g/mol. The van der Waals surface area contributed by atoms with Crippen molar-refractivity contribution in [1.82, 2.24) is 10.2 Å². The first-order chi connectivity index (χ1) is 18.4. The van der Waals surface area contributed by atoms with E-state index in [2.05, 4.69) is 17.1 Å². The Morgan fingerprint density at radius 1 is 1.08 bits per heavy atom. The fraction of sp³-hybridized carbons (Fsp3) is 0.333. The molecule has 2 aliphatic rings. The average molecular weight is 534 g/mol. The molecule has 38 heavy (non-hydrogen) atoms. The summed E-state index contributed by atoms with van der Waals surface area (Å²) in [6.45, 7) is 6.15. The summed E-state index contributed by atoms with van der Waals surface area (Å²) >= 11 is 0. The Bertz CT molecular complexity index is 1360. The molecule has 0 bridgehead atoms. The highest BCUT2D eigenvalue weighted by molar-refractivity contribution is 7.85. The number of benzene rings is 3. The summed E-state index contributed by atoms with van der Waals surface area (Å²) in [5.74, 6) is -0.196. The van der Waals surface area contributed by atoms with E-state index in [9.17, 15) is 18.2 Å². The molecule has 2 heterocycles. The van der Waals surface area contributed by atoms with Crippen molar-refractivity contribution in [1.29, 1.82) is 0 Å². The summed E-state index contributed by atoms with van der Waals surface area (Å²) in [5.41, 5.74) is 1.89. The molecular weight excluding hydrogens is 501 g/mol. The molecule has 2 aliphatic heterocycles. The summed E-state index contributed by atoms with van der Waals surface area (Å²) in [6.07, 6.45) is 3.36. The number of amides is 2. The van der Waals surface area contributed by atoms with Gasteiger partial charge in [-0.2, -0.15) is 0 Å². The van der Waals surface area contributed by atoms with E-state index in [1.165, 1.54) is 29.9 Å². The van der Waals surface area contributed by atoms with Gasteiger partial charge in [0, 0.05) is 18.7 Å². The summed E-state index contributed by atoms with van der Waals surface area (Å²) in [6, 6.07) is 17.8. The number of anilines is 1. The van der Waals surface area contributed by atoms with Crippen LogP contribution >= 0.6 is 0 Å². The maximum Gasteiger partial charge on any atom is 0.259 e. The van der Waals surface area contributed by atoms with Crippen LogP contribution < -0.4 is 10.2 Å². The smallest absolute Gasteiger partial charge is 0.259 e. The zero-order chi connectivity index (χ0) is 26.6. The second-order valence-corrected chi connectivity index (χ2v) is 11.5. The van der Waals surface area contributed by atoms with E-state index >= 15 is 0 Å². The molecule has 0 unspecified atom stereocenters. The van der Waals surface area contributed by atoms with Crippen molar-refractivity contribution in [3.63, 3.8) is 0 Å². The Hall–Kier alpha value is -3.36. The van der Waals surface area contributed by atoms with Gasteiger partial charge in [0.05, 0.1) is 38.4 Å². The molecule has 6 nitrogen and oxygen atoms in total. The fourth-order valence-electron chi connectivity index (χ4n) is 5.23. The Labute approximate surface area is 225 Å².